The molecule has 0 aliphatic rings. The molecular formula is C69H110N22O20S2. The van der Waals surface area contributed by atoms with Crippen molar-refractivity contribution in [1.82, 2.24) is 99.6 Å². The number of nitrogens with zero attached hydrogens (tertiary/aromatic N) is 2. The minimum atomic E-state index is -1.53. The summed E-state index contributed by atoms with van der Waals surface area (Å²) in [5, 5.41) is 47.8. The van der Waals surface area contributed by atoms with E-state index < -0.39 is 200 Å². The number of aliphatic hydroxyl groups is 1. The summed E-state index contributed by atoms with van der Waals surface area (Å²) in [5.41, 5.74) is 18.4. The average molecular weight is 1630 g/mol. The van der Waals surface area contributed by atoms with Crippen LogP contribution in [0.3, 0.4) is 0 Å². The molecule has 0 bridgehead atoms. The summed E-state index contributed by atoms with van der Waals surface area (Å²) in [4.78, 5) is 234. The van der Waals surface area contributed by atoms with E-state index in [2.05, 4.69) is 94.7 Å². The molecule has 0 saturated heterocycles. The number of thioether (sulfide) groups is 2. The van der Waals surface area contributed by atoms with Gasteiger partial charge in [-0.25, -0.2) is 4.98 Å². The van der Waals surface area contributed by atoms with Gasteiger partial charge in [0.1, 0.15) is 61.0 Å². The zero-order valence-corrected chi connectivity index (χ0v) is 66.4. The van der Waals surface area contributed by atoms with Crippen LogP contribution in [0.2, 0.25) is 0 Å². The topological polar surface area (TPSA) is 635 Å². The Bertz CT molecular complexity index is 3680. The molecule has 1 unspecified atom stereocenters. The van der Waals surface area contributed by atoms with E-state index in [0.29, 0.717) is 27.9 Å². The van der Waals surface area contributed by atoms with Crippen LogP contribution in [0, 0.1) is 11.8 Å². The average Bonchev–Trinajstić information content (AvgIpc) is 1.70. The molecule has 113 heavy (non-hydrogen) atoms. The van der Waals surface area contributed by atoms with Crippen LogP contribution in [0.1, 0.15) is 78.5 Å². The molecule has 0 radical (unpaired) electrons. The number of likely N-dealkylation sites (N-methyl/N-ethyl adjacent to an activating group) is 1. The molecule has 24 N–H and O–H groups in total. The van der Waals surface area contributed by atoms with Crippen LogP contribution in [0.25, 0.3) is 10.9 Å². The van der Waals surface area contributed by atoms with Crippen molar-refractivity contribution < 1.29 is 96.1 Å². The predicted molar refractivity (Wildman–Crippen MR) is 414 cm³/mol. The Kier molecular flexibility index (Phi) is 44.6. The van der Waals surface area contributed by atoms with E-state index >= 15 is 0 Å². The number of carbonyl (C=O) groups excluding carboxylic acids is 17. The molecule has 2 heterocycles. The number of primary amides is 2. The van der Waals surface area contributed by atoms with Crippen molar-refractivity contribution in [2.24, 2.45) is 29.0 Å². The van der Waals surface area contributed by atoms with Gasteiger partial charge in [0.25, 0.3) is 0 Å². The normalized spacial score (nSPS) is 13.8. The number of nitrogens with two attached hydrogens (primary N) is 3. The molecule has 0 fully saturated rings. The highest BCUT2D eigenvalue weighted by molar-refractivity contribution is 7.99. The van der Waals surface area contributed by atoms with Crippen molar-refractivity contribution in [3.63, 3.8) is 0 Å². The van der Waals surface area contributed by atoms with Gasteiger partial charge in [0, 0.05) is 74.0 Å². The second kappa shape index (κ2) is 52.0. The van der Waals surface area contributed by atoms with Gasteiger partial charge in [-0.1, -0.05) is 45.9 Å². The number of imide groups is 1. The summed E-state index contributed by atoms with van der Waals surface area (Å²) in [5.74, 6) is -13.9. The number of aromatic amines is 2. The number of amides is 17. The molecule has 0 aliphatic heterocycles. The van der Waals surface area contributed by atoms with Gasteiger partial charge in [0.15, 0.2) is 0 Å². The molecule has 42 nitrogen and oxygen atoms in total. The lowest BCUT2D eigenvalue weighted by Crippen LogP contribution is -2.59. The minimum Gasteiger partial charge on any atom is -0.394 e. The van der Waals surface area contributed by atoms with E-state index in [9.17, 15) is 86.6 Å². The fraction of sp³-hybridized carbons (Fsp3) is 0.594. The number of carbonyl (C=O) groups is 17. The maximum absolute atomic E-state index is 14.4. The van der Waals surface area contributed by atoms with Crippen LogP contribution in [0.5, 0.6) is 0 Å². The number of rotatable bonds is 55. The van der Waals surface area contributed by atoms with Gasteiger partial charge in [-0.05, 0) is 75.8 Å². The molecular weight excluding hydrogens is 1520 g/mol. The largest absolute Gasteiger partial charge is 0.394 e. The number of nitrogens with one attached hydrogen (secondary N) is 17. The first-order valence-corrected chi connectivity index (χ1v) is 38.7. The van der Waals surface area contributed by atoms with Crippen molar-refractivity contribution >= 4 is 135 Å². The van der Waals surface area contributed by atoms with Crippen molar-refractivity contribution in [3.8, 4) is 0 Å². The molecule has 44 heteroatoms. The Labute approximate surface area is 661 Å². The number of hydrogen-bond acceptors (Lipinski definition) is 26. The minimum absolute atomic E-state index is 0.0196. The third-order valence-corrected chi connectivity index (χ3v) is 17.8. The molecule has 3 aromatic rings. The lowest BCUT2D eigenvalue weighted by molar-refractivity contribution is -0.135. The van der Waals surface area contributed by atoms with E-state index in [1.165, 1.54) is 43.0 Å². The fourth-order valence-corrected chi connectivity index (χ4v) is 11.7. The predicted octanol–water partition coefficient (Wildman–Crippen LogP) is -8.41. The van der Waals surface area contributed by atoms with Crippen LogP contribution in [0.15, 0.2) is 43.0 Å². The first-order valence-electron chi connectivity index (χ1n) is 36.2. The molecule has 628 valence electrons. The second-order valence-electron chi connectivity index (χ2n) is 26.9. The van der Waals surface area contributed by atoms with E-state index in [1.54, 1.807) is 58.4 Å². The van der Waals surface area contributed by atoms with Crippen molar-refractivity contribution in [2.75, 3.05) is 110 Å². The van der Waals surface area contributed by atoms with Gasteiger partial charge >= 0.3 is 0 Å². The van der Waals surface area contributed by atoms with E-state index in [0.717, 1.165) is 11.8 Å². The SMILES string of the molecule is CSCC[C@H](NC(=O)[C@H](CC(C)C)NC(=O)[C@H](Cc1cnc[nH]1)NC(=O)CNC(=O)[C@@H](NC(=O)[C@H](C)NC(=O)[C@H](Cc1c[nH]c2ccccc12)NC(=O)[C@H](CCC(N)=O)NC(=O)CNC(=O)COCCOCCNC(CN)C(=O)NC(=O)CNC(=O)[C@H](CSCNC(C)=O)NC(=O)[C@H](CO)NC(=O)CN(C)C)C(C)C)C(N)=O. The Balaban J connectivity index is 1.57. The molecule has 10 atom stereocenters. The smallest absolute Gasteiger partial charge is 0.246 e. The third-order valence-electron chi connectivity index (χ3n) is 16.3. The molecule has 3 rings (SSSR count). The first-order chi connectivity index (χ1) is 53.5. The monoisotopic (exact) mass is 1630 g/mol. The lowest BCUT2D eigenvalue weighted by Gasteiger charge is -2.26. The molecule has 0 spiro atoms. The van der Waals surface area contributed by atoms with Gasteiger partial charge in [-0.15, -0.1) is 11.8 Å². The number of ether oxygens (including phenoxy) is 2. The Hall–Kier alpha value is -10.4. The van der Waals surface area contributed by atoms with E-state index in [1.807, 2.05) is 20.1 Å². The molecule has 0 saturated carbocycles. The van der Waals surface area contributed by atoms with Gasteiger partial charge in [0.05, 0.1) is 70.9 Å². The number of aliphatic hydroxyl groups excluding tert-OH is 1. The summed E-state index contributed by atoms with van der Waals surface area (Å²) in [6.45, 7) is 5.38. The maximum Gasteiger partial charge on any atom is 0.246 e. The van der Waals surface area contributed by atoms with Gasteiger partial charge in [-0.3, -0.25) is 86.8 Å². The molecule has 2 aromatic heterocycles. The van der Waals surface area contributed by atoms with Crippen LogP contribution in [0.4, 0.5) is 0 Å². The number of benzene rings is 1. The van der Waals surface area contributed by atoms with E-state index in [-0.39, 0.29) is 95.0 Å². The van der Waals surface area contributed by atoms with Crippen LogP contribution >= 0.6 is 23.5 Å². The summed E-state index contributed by atoms with van der Waals surface area (Å²) in [7, 11) is 3.23. The number of fused-ring (bicyclic) bond motifs is 1. The number of aromatic nitrogens is 3. The number of imidazole rings is 1. The maximum atomic E-state index is 14.4. The van der Waals surface area contributed by atoms with E-state index in [4.69, 9.17) is 26.7 Å². The lowest BCUT2D eigenvalue weighted by atomic mass is 10.0. The van der Waals surface area contributed by atoms with Crippen LogP contribution < -0.4 is 97.0 Å². The van der Waals surface area contributed by atoms with Crippen LogP contribution in [-0.4, -0.2) is 296 Å². The second-order valence-corrected chi connectivity index (χ2v) is 28.9. The van der Waals surface area contributed by atoms with Gasteiger partial charge < -0.3 is 121 Å². The molecule has 17 amide bonds. The summed E-state index contributed by atoms with van der Waals surface area (Å²) < 4.78 is 10.8. The number of H-pyrrole nitrogens is 2. The zero-order valence-electron chi connectivity index (χ0n) is 64.8. The molecule has 0 aliphatic carbocycles. The highest BCUT2D eigenvalue weighted by atomic mass is 32.2. The standard InChI is InChI=1S/C69H110N22O20S2/c1-37(2)22-47(65(105)85-45(60(72)100)16-21-112-9)86-66(106)49(24-42-27-73-35-79-42)83-55(96)29-78-69(109)59(38(3)4)90-61(101)39(5)81-64(104)48(23-41-26-75-44-13-11-10-12-43(41)44)87-63(103)46(14-15-53(71)94)82-54(95)28-76-58(99)33-111-20-19-110-18-17-74-50(25-70)67(107)89-56(97)30-77-62(102)52(34-113-36-80-40(6)93)88-68(108)51(32-92)84-57(98)31-91(7)8/h10-13,26-27,35,37-39,45-52,59,74-75,92H,14-25,28-34,36,70H2,1-9H3,(H2,71,94)(H2,72,100)(H,73,79)(H,76,99)(H,77,102)(H,78,109)(H,80,93)(H,81,104)(H,82,95)(H,83,96)(H,84,98)(H,85,105)(H,86,106)(H,87,103)(H,88,108)(H,90,101)(H,89,97,107)/t39-,45-,46-,47-,48-,49-,50?,51-,52-,59-/m0/s1. The van der Waals surface area contributed by atoms with Gasteiger partial charge in [-0.2, -0.15) is 11.8 Å². The Morgan fingerprint density at radius 2 is 1.18 bits per heavy atom. The quantitative estimate of drug-likeness (QED) is 0.0184. The summed E-state index contributed by atoms with van der Waals surface area (Å²) in [6, 6.07) is -6.01. The zero-order chi connectivity index (χ0) is 84.3. The first kappa shape index (κ1) is 96.8. The fourth-order valence-electron chi connectivity index (χ4n) is 10.4. The highest BCUT2D eigenvalue weighted by Crippen LogP contribution is 2.20. The Morgan fingerprint density at radius 1 is 0.584 bits per heavy atom. The van der Waals surface area contributed by atoms with Crippen molar-refractivity contribution in [3.05, 3.63) is 54.2 Å². The van der Waals surface area contributed by atoms with Crippen LogP contribution in [-0.2, 0) is 104 Å². The highest BCUT2D eigenvalue weighted by Gasteiger charge is 2.35. The van der Waals surface area contributed by atoms with Gasteiger partial charge in [0.2, 0.25) is 100 Å². The summed E-state index contributed by atoms with van der Waals surface area (Å²) >= 11 is 2.49. The third kappa shape index (κ3) is 38.1. The number of hydrogen-bond donors (Lipinski definition) is 21. The number of para-hydroxylation sites is 1. The van der Waals surface area contributed by atoms with Crippen molar-refractivity contribution in [1.29, 1.82) is 0 Å². The summed E-state index contributed by atoms with van der Waals surface area (Å²) in [6.07, 6.45) is 5.50. The van der Waals surface area contributed by atoms with Crippen molar-refractivity contribution in [2.45, 2.75) is 140 Å². The Morgan fingerprint density at radius 3 is 1.81 bits per heavy atom. The molecule has 1 aromatic carbocycles.